The Labute approximate surface area is 100 Å². The molecule has 0 saturated heterocycles. The zero-order valence-corrected chi connectivity index (χ0v) is 10.2. The normalized spacial score (nSPS) is 10.8. The topological polar surface area (TPSA) is 84.2 Å². The van der Waals surface area contributed by atoms with Crippen LogP contribution in [0, 0.1) is 5.41 Å². The van der Waals surface area contributed by atoms with E-state index >= 15 is 0 Å². The number of benzene rings is 1. The van der Waals surface area contributed by atoms with Crippen molar-refractivity contribution in [1.29, 1.82) is 0 Å². The molecule has 0 heterocycles. The van der Waals surface area contributed by atoms with E-state index < -0.39 is 5.41 Å². The zero-order valence-electron chi connectivity index (χ0n) is 10.2. The van der Waals surface area contributed by atoms with E-state index in [1.807, 2.05) is 26.2 Å². The lowest BCUT2D eigenvalue weighted by molar-refractivity contribution is -0.123. The Bertz CT molecular complexity index is 418. The van der Waals surface area contributed by atoms with Crippen molar-refractivity contribution in [2.24, 2.45) is 11.3 Å². The Morgan fingerprint density at radius 2 is 1.65 bits per heavy atom. The van der Waals surface area contributed by atoms with E-state index in [9.17, 15) is 9.59 Å². The number of carbonyl (C=O) groups is 2. The van der Waals surface area contributed by atoms with Gasteiger partial charge in [-0.1, -0.05) is 20.8 Å². The molecule has 0 aromatic heterocycles. The zero-order chi connectivity index (χ0) is 13.1. The number of carbonyl (C=O) groups excluding carboxylic acids is 2. The standard InChI is InChI=1S/C12H17N3O2/c1-12(2,3)11(17)14-9-6-4-8(5-7-9)10(16)15-13/h4-7H,13H2,1-3H3,(H,14,17)(H,15,16). The number of anilines is 1. The van der Waals surface area contributed by atoms with Crippen LogP contribution in [0.25, 0.3) is 0 Å². The van der Waals surface area contributed by atoms with Gasteiger partial charge in [0, 0.05) is 16.7 Å². The Kier molecular flexibility index (Phi) is 3.85. The molecule has 0 radical (unpaired) electrons. The van der Waals surface area contributed by atoms with Gasteiger partial charge in [-0.2, -0.15) is 0 Å². The molecule has 0 aliphatic carbocycles. The van der Waals surface area contributed by atoms with Crippen LogP contribution in [0.15, 0.2) is 24.3 Å². The number of rotatable bonds is 2. The number of nitrogens with two attached hydrogens (primary N) is 1. The minimum atomic E-state index is -0.451. The summed E-state index contributed by atoms with van der Waals surface area (Å²) in [7, 11) is 0. The highest BCUT2D eigenvalue weighted by Crippen LogP contribution is 2.17. The van der Waals surface area contributed by atoms with Crippen LogP contribution in [0.1, 0.15) is 31.1 Å². The molecule has 1 aromatic rings. The monoisotopic (exact) mass is 235 g/mol. The van der Waals surface area contributed by atoms with Gasteiger partial charge < -0.3 is 5.32 Å². The van der Waals surface area contributed by atoms with E-state index in [2.05, 4.69) is 5.32 Å². The second-order valence-corrected chi connectivity index (χ2v) is 4.75. The van der Waals surface area contributed by atoms with Gasteiger partial charge in [0.15, 0.2) is 0 Å². The van der Waals surface area contributed by atoms with Crippen molar-refractivity contribution in [2.75, 3.05) is 5.32 Å². The van der Waals surface area contributed by atoms with Crippen molar-refractivity contribution < 1.29 is 9.59 Å². The molecule has 1 rings (SSSR count). The van der Waals surface area contributed by atoms with E-state index in [1.165, 1.54) is 0 Å². The minimum absolute atomic E-state index is 0.0754. The summed E-state index contributed by atoms with van der Waals surface area (Å²) < 4.78 is 0. The second-order valence-electron chi connectivity index (χ2n) is 4.75. The van der Waals surface area contributed by atoms with Gasteiger partial charge in [0.2, 0.25) is 5.91 Å². The van der Waals surface area contributed by atoms with Gasteiger partial charge in [-0.05, 0) is 24.3 Å². The smallest absolute Gasteiger partial charge is 0.265 e. The number of hydrogen-bond acceptors (Lipinski definition) is 3. The van der Waals surface area contributed by atoms with Crippen LogP contribution < -0.4 is 16.6 Å². The molecule has 0 aliphatic heterocycles. The molecule has 2 amide bonds. The quantitative estimate of drug-likeness (QED) is 0.410. The molecule has 0 aliphatic rings. The molecule has 0 unspecified atom stereocenters. The third-order valence-corrected chi connectivity index (χ3v) is 2.22. The molecule has 1 aromatic carbocycles. The average molecular weight is 235 g/mol. The Balaban J connectivity index is 2.76. The fourth-order valence-electron chi connectivity index (χ4n) is 1.11. The first-order chi connectivity index (χ1) is 7.84. The molecule has 0 saturated carbocycles. The van der Waals surface area contributed by atoms with Gasteiger partial charge in [-0.3, -0.25) is 15.0 Å². The first-order valence-electron chi connectivity index (χ1n) is 5.27. The molecular formula is C12H17N3O2. The van der Waals surface area contributed by atoms with Crippen molar-refractivity contribution >= 4 is 17.5 Å². The molecule has 0 spiro atoms. The van der Waals surface area contributed by atoms with Gasteiger partial charge in [0.05, 0.1) is 0 Å². The maximum absolute atomic E-state index is 11.7. The SMILES string of the molecule is CC(C)(C)C(=O)Nc1ccc(C(=O)NN)cc1. The highest BCUT2D eigenvalue weighted by atomic mass is 16.2. The van der Waals surface area contributed by atoms with E-state index in [4.69, 9.17) is 5.84 Å². The van der Waals surface area contributed by atoms with Crippen molar-refractivity contribution in [1.82, 2.24) is 5.43 Å². The van der Waals surface area contributed by atoms with Gasteiger partial charge in [-0.25, -0.2) is 5.84 Å². The van der Waals surface area contributed by atoms with Crippen molar-refractivity contribution in [3.05, 3.63) is 29.8 Å². The fraction of sp³-hybridized carbons (Fsp3) is 0.333. The number of hydrogen-bond donors (Lipinski definition) is 3. The first-order valence-corrected chi connectivity index (χ1v) is 5.27. The first kappa shape index (κ1) is 13.2. The lowest BCUT2D eigenvalue weighted by Gasteiger charge is -2.17. The van der Waals surface area contributed by atoms with Crippen LogP contribution in [0.3, 0.4) is 0 Å². The number of hydrazine groups is 1. The number of nitrogen functional groups attached to an aromatic ring is 1. The van der Waals surface area contributed by atoms with E-state index in [0.29, 0.717) is 11.3 Å². The summed E-state index contributed by atoms with van der Waals surface area (Å²) in [5.41, 5.74) is 2.69. The summed E-state index contributed by atoms with van der Waals surface area (Å²) >= 11 is 0. The third kappa shape index (κ3) is 3.57. The molecule has 92 valence electrons. The van der Waals surface area contributed by atoms with E-state index in [1.54, 1.807) is 24.3 Å². The van der Waals surface area contributed by atoms with Gasteiger partial charge in [-0.15, -0.1) is 0 Å². The average Bonchev–Trinajstić information content (AvgIpc) is 2.27. The molecule has 5 nitrogen and oxygen atoms in total. The summed E-state index contributed by atoms with van der Waals surface area (Å²) in [4.78, 5) is 22.9. The molecular weight excluding hydrogens is 218 g/mol. The van der Waals surface area contributed by atoms with Crippen molar-refractivity contribution in [3.8, 4) is 0 Å². The summed E-state index contributed by atoms with van der Waals surface area (Å²) in [6.07, 6.45) is 0. The number of amides is 2. The van der Waals surface area contributed by atoms with Gasteiger partial charge >= 0.3 is 0 Å². The maximum Gasteiger partial charge on any atom is 0.265 e. The van der Waals surface area contributed by atoms with E-state index in [0.717, 1.165) is 0 Å². The third-order valence-electron chi connectivity index (χ3n) is 2.22. The lowest BCUT2D eigenvalue weighted by atomic mass is 9.95. The van der Waals surface area contributed by atoms with Crippen LogP contribution in [-0.4, -0.2) is 11.8 Å². The highest BCUT2D eigenvalue weighted by molar-refractivity contribution is 5.96. The van der Waals surface area contributed by atoms with Crippen molar-refractivity contribution in [2.45, 2.75) is 20.8 Å². The summed E-state index contributed by atoms with van der Waals surface area (Å²) in [5.74, 6) is 4.57. The van der Waals surface area contributed by atoms with Crippen molar-refractivity contribution in [3.63, 3.8) is 0 Å². The van der Waals surface area contributed by atoms with Gasteiger partial charge in [0.25, 0.3) is 5.91 Å². The van der Waals surface area contributed by atoms with E-state index in [-0.39, 0.29) is 11.8 Å². The molecule has 17 heavy (non-hydrogen) atoms. The minimum Gasteiger partial charge on any atom is -0.326 e. The molecule has 0 fully saturated rings. The second kappa shape index (κ2) is 4.97. The lowest BCUT2D eigenvalue weighted by Crippen LogP contribution is -2.30. The fourth-order valence-corrected chi connectivity index (χ4v) is 1.11. The number of nitrogens with one attached hydrogen (secondary N) is 2. The Morgan fingerprint density at radius 3 is 2.06 bits per heavy atom. The Morgan fingerprint density at radius 1 is 1.12 bits per heavy atom. The molecule has 5 heteroatoms. The van der Waals surface area contributed by atoms with Crippen LogP contribution >= 0.6 is 0 Å². The van der Waals surface area contributed by atoms with Crippen LogP contribution in [0.5, 0.6) is 0 Å². The predicted molar refractivity (Wildman–Crippen MR) is 66.2 cm³/mol. The predicted octanol–water partition coefficient (Wildman–Crippen LogP) is 1.27. The molecule has 0 atom stereocenters. The van der Waals surface area contributed by atoms with Gasteiger partial charge in [0.1, 0.15) is 0 Å². The highest BCUT2D eigenvalue weighted by Gasteiger charge is 2.21. The molecule has 0 bridgehead atoms. The largest absolute Gasteiger partial charge is 0.326 e. The van der Waals surface area contributed by atoms with Crippen LogP contribution in [0.4, 0.5) is 5.69 Å². The summed E-state index contributed by atoms with van der Waals surface area (Å²) in [5, 5.41) is 2.76. The summed E-state index contributed by atoms with van der Waals surface area (Å²) in [6.45, 7) is 5.50. The van der Waals surface area contributed by atoms with Crippen LogP contribution in [-0.2, 0) is 4.79 Å². The Hall–Kier alpha value is -1.88. The maximum atomic E-state index is 11.7. The summed E-state index contributed by atoms with van der Waals surface area (Å²) in [6, 6.07) is 6.52. The molecule has 4 N–H and O–H groups in total. The van der Waals surface area contributed by atoms with Crippen LogP contribution in [0.2, 0.25) is 0 Å².